The minimum absolute atomic E-state index is 0.111. The van der Waals surface area contributed by atoms with Crippen molar-refractivity contribution < 1.29 is 23.5 Å². The average Bonchev–Trinajstić information content (AvgIpc) is 3.20. The maximum atomic E-state index is 12.3. The largest absolute Gasteiger partial charge is 0.493 e. The molecule has 0 unspecified atom stereocenters. The fraction of sp³-hybridized carbons (Fsp3) is 0.174. The molecule has 9 heteroatoms. The van der Waals surface area contributed by atoms with E-state index in [-0.39, 0.29) is 18.0 Å². The van der Waals surface area contributed by atoms with Gasteiger partial charge in [0.2, 0.25) is 0 Å². The van der Waals surface area contributed by atoms with E-state index in [1.54, 1.807) is 44.4 Å². The molecule has 0 saturated carbocycles. The summed E-state index contributed by atoms with van der Waals surface area (Å²) in [6, 6.07) is 15.7. The summed E-state index contributed by atoms with van der Waals surface area (Å²) in [4.78, 5) is 12.3. The first-order chi connectivity index (χ1) is 15.5. The summed E-state index contributed by atoms with van der Waals surface area (Å²) in [5.74, 6) is 1.87. The number of ether oxygens (including phenoxy) is 3. The molecule has 2 aromatic carbocycles. The van der Waals surface area contributed by atoms with Crippen LogP contribution in [0.5, 0.6) is 17.2 Å². The van der Waals surface area contributed by atoms with Crippen molar-refractivity contribution in [1.29, 1.82) is 5.26 Å². The van der Waals surface area contributed by atoms with Crippen molar-refractivity contribution in [2.45, 2.75) is 6.92 Å². The highest BCUT2D eigenvalue weighted by molar-refractivity contribution is 6.32. The van der Waals surface area contributed by atoms with Crippen LogP contribution in [0.4, 0.5) is 5.82 Å². The molecule has 0 saturated heterocycles. The van der Waals surface area contributed by atoms with Gasteiger partial charge in [0.05, 0.1) is 12.1 Å². The number of nitrogens with zero attached hydrogens (tertiary/aromatic N) is 2. The van der Waals surface area contributed by atoms with E-state index in [4.69, 9.17) is 30.3 Å². The first-order valence-corrected chi connectivity index (χ1v) is 9.92. The van der Waals surface area contributed by atoms with Crippen LogP contribution in [0.3, 0.4) is 0 Å². The van der Waals surface area contributed by atoms with E-state index >= 15 is 0 Å². The summed E-state index contributed by atoms with van der Waals surface area (Å²) in [7, 11) is 1.57. The minimum Gasteiger partial charge on any atom is -0.493 e. The van der Waals surface area contributed by atoms with E-state index in [9.17, 15) is 10.1 Å². The van der Waals surface area contributed by atoms with Crippen LogP contribution in [-0.2, 0) is 4.79 Å². The van der Waals surface area contributed by atoms with Crippen LogP contribution in [0.2, 0.25) is 5.02 Å². The number of aryl methyl sites for hydroxylation is 1. The molecular formula is C23H20ClN3O5. The molecular weight excluding hydrogens is 434 g/mol. The second-order valence-electron chi connectivity index (χ2n) is 6.48. The van der Waals surface area contributed by atoms with Gasteiger partial charge in [-0.2, -0.15) is 5.26 Å². The number of methoxy groups -OCH3 is 1. The fourth-order valence-electron chi connectivity index (χ4n) is 2.69. The van der Waals surface area contributed by atoms with E-state index in [0.717, 1.165) is 0 Å². The van der Waals surface area contributed by atoms with Crippen molar-refractivity contribution in [2.75, 3.05) is 25.6 Å². The van der Waals surface area contributed by atoms with Gasteiger partial charge < -0.3 is 24.1 Å². The zero-order chi connectivity index (χ0) is 22.9. The topological polar surface area (TPSA) is 107 Å². The molecule has 0 aliphatic rings. The second-order valence-corrected chi connectivity index (χ2v) is 6.89. The third-order valence-electron chi connectivity index (χ3n) is 4.17. The Balaban J connectivity index is 1.58. The van der Waals surface area contributed by atoms with Gasteiger partial charge in [-0.15, -0.1) is 0 Å². The number of benzene rings is 2. The van der Waals surface area contributed by atoms with Crippen LogP contribution in [0.1, 0.15) is 11.3 Å². The Morgan fingerprint density at radius 1 is 1.16 bits per heavy atom. The summed E-state index contributed by atoms with van der Waals surface area (Å²) in [6.07, 6.45) is 1.42. The number of para-hydroxylation sites is 2. The standard InChI is InChI=1S/C23H20ClN3O5/c1-15-11-22(27-32-15)26-23(28)17(14-25)12-16-7-8-19(18(24)13-16)30-9-10-31-21-6-4-3-5-20(21)29-2/h3-8,11-13H,9-10H2,1-2H3,(H,26,27,28). The molecule has 8 nitrogen and oxygen atoms in total. The summed E-state index contributed by atoms with van der Waals surface area (Å²) in [5.41, 5.74) is 0.455. The molecule has 0 fully saturated rings. The normalized spacial score (nSPS) is 10.9. The molecule has 0 aliphatic heterocycles. The third-order valence-corrected chi connectivity index (χ3v) is 4.46. The Bertz CT molecular complexity index is 1170. The highest BCUT2D eigenvalue weighted by Crippen LogP contribution is 2.28. The molecule has 1 heterocycles. The zero-order valence-electron chi connectivity index (χ0n) is 17.4. The van der Waals surface area contributed by atoms with Gasteiger partial charge in [0.1, 0.15) is 36.4 Å². The Labute approximate surface area is 189 Å². The monoisotopic (exact) mass is 453 g/mol. The Morgan fingerprint density at radius 3 is 2.50 bits per heavy atom. The van der Waals surface area contributed by atoms with Crippen LogP contribution in [0.25, 0.3) is 6.08 Å². The lowest BCUT2D eigenvalue weighted by Gasteiger charge is -2.12. The molecule has 3 rings (SSSR count). The lowest BCUT2D eigenvalue weighted by atomic mass is 10.1. The number of carbonyl (C=O) groups excluding carboxylic acids is 1. The molecule has 1 aromatic heterocycles. The second kappa shape index (κ2) is 10.9. The molecule has 0 bridgehead atoms. The predicted octanol–water partition coefficient (Wildman–Crippen LogP) is 4.65. The quantitative estimate of drug-likeness (QED) is 0.285. The van der Waals surface area contributed by atoms with Crippen molar-refractivity contribution in [3.05, 3.63) is 70.5 Å². The van der Waals surface area contributed by atoms with Crippen molar-refractivity contribution in [1.82, 2.24) is 5.16 Å². The summed E-state index contributed by atoms with van der Waals surface area (Å²) >= 11 is 6.29. The number of hydrogen-bond acceptors (Lipinski definition) is 7. The first kappa shape index (κ1) is 22.7. The minimum atomic E-state index is -0.606. The molecule has 164 valence electrons. The van der Waals surface area contributed by atoms with Gasteiger partial charge in [-0.3, -0.25) is 4.79 Å². The Kier molecular flexibility index (Phi) is 7.73. The number of halogens is 1. The molecule has 0 spiro atoms. The lowest BCUT2D eigenvalue weighted by Crippen LogP contribution is -2.13. The summed E-state index contributed by atoms with van der Waals surface area (Å²) < 4.78 is 21.5. The molecule has 1 N–H and O–H groups in total. The van der Waals surface area contributed by atoms with E-state index in [2.05, 4.69) is 10.5 Å². The lowest BCUT2D eigenvalue weighted by molar-refractivity contribution is -0.112. The molecule has 1 amide bonds. The summed E-state index contributed by atoms with van der Waals surface area (Å²) in [6.45, 7) is 2.24. The number of aromatic nitrogens is 1. The number of amides is 1. The van der Waals surface area contributed by atoms with E-state index in [0.29, 0.717) is 40.2 Å². The molecule has 32 heavy (non-hydrogen) atoms. The zero-order valence-corrected chi connectivity index (χ0v) is 18.2. The molecule has 0 aliphatic carbocycles. The maximum Gasteiger partial charge on any atom is 0.267 e. The Hall–Kier alpha value is -3.96. The van der Waals surface area contributed by atoms with Gasteiger partial charge in [-0.1, -0.05) is 35.0 Å². The van der Waals surface area contributed by atoms with Gasteiger partial charge in [-0.25, -0.2) is 0 Å². The highest BCUT2D eigenvalue weighted by atomic mass is 35.5. The molecule has 0 radical (unpaired) electrons. The van der Waals surface area contributed by atoms with Crippen molar-refractivity contribution in [2.24, 2.45) is 0 Å². The van der Waals surface area contributed by atoms with E-state index in [1.807, 2.05) is 24.3 Å². The number of rotatable bonds is 9. The smallest absolute Gasteiger partial charge is 0.267 e. The Morgan fingerprint density at radius 2 is 1.88 bits per heavy atom. The van der Waals surface area contributed by atoms with Crippen molar-refractivity contribution in [3.63, 3.8) is 0 Å². The SMILES string of the molecule is COc1ccccc1OCCOc1ccc(C=C(C#N)C(=O)Nc2cc(C)on2)cc1Cl. The number of hydrogen-bond donors (Lipinski definition) is 1. The average molecular weight is 454 g/mol. The molecule has 0 atom stereocenters. The fourth-order valence-corrected chi connectivity index (χ4v) is 2.93. The predicted molar refractivity (Wildman–Crippen MR) is 119 cm³/mol. The van der Waals surface area contributed by atoms with Gasteiger partial charge in [-0.05, 0) is 42.8 Å². The first-order valence-electron chi connectivity index (χ1n) is 9.55. The third kappa shape index (κ3) is 6.03. The number of nitriles is 1. The number of anilines is 1. The van der Waals surface area contributed by atoms with E-state index in [1.165, 1.54) is 6.08 Å². The van der Waals surface area contributed by atoms with E-state index < -0.39 is 5.91 Å². The van der Waals surface area contributed by atoms with Gasteiger partial charge >= 0.3 is 0 Å². The van der Waals surface area contributed by atoms with Crippen molar-refractivity contribution >= 4 is 29.4 Å². The van der Waals surface area contributed by atoms with Crippen LogP contribution < -0.4 is 19.5 Å². The van der Waals surface area contributed by atoms with Gasteiger partial charge in [0, 0.05) is 6.07 Å². The van der Waals surface area contributed by atoms with Crippen LogP contribution in [0.15, 0.2) is 58.6 Å². The van der Waals surface area contributed by atoms with Crippen LogP contribution in [0, 0.1) is 18.3 Å². The van der Waals surface area contributed by atoms with Gasteiger partial charge in [0.25, 0.3) is 5.91 Å². The van der Waals surface area contributed by atoms with Crippen molar-refractivity contribution in [3.8, 4) is 23.3 Å². The van der Waals surface area contributed by atoms with Crippen LogP contribution in [-0.4, -0.2) is 31.4 Å². The van der Waals surface area contributed by atoms with Gasteiger partial charge in [0.15, 0.2) is 17.3 Å². The summed E-state index contributed by atoms with van der Waals surface area (Å²) in [5, 5.41) is 15.8. The number of nitrogens with one attached hydrogen (secondary N) is 1. The van der Waals surface area contributed by atoms with Crippen LogP contribution >= 0.6 is 11.6 Å². The molecule has 3 aromatic rings. The highest BCUT2D eigenvalue weighted by Gasteiger charge is 2.12. The maximum absolute atomic E-state index is 12.3. The number of carbonyl (C=O) groups is 1.